The number of esters is 2. The third kappa shape index (κ3) is 12.2. The predicted molar refractivity (Wildman–Crippen MR) is 252 cm³/mol. The lowest BCUT2D eigenvalue weighted by Gasteiger charge is -2.27. The van der Waals surface area contributed by atoms with Crippen molar-refractivity contribution in [1.29, 1.82) is 0 Å². The molecule has 1 heterocycles. The SMILES string of the molecule is Cc1c(C)c(S(=O)(=O)NC(N)=NCCC[C@@H](NC(=O)OCC2c3ccccc3-c3ccccc32)C(=O)O[C@H](C)[C@H](NC(=O)OC(C)(C)C)C(=O)OCc2ccccc2)c(C)c2c1OC(C)(C)C2. The van der Waals surface area contributed by atoms with Crippen LogP contribution >= 0.6 is 0 Å². The van der Waals surface area contributed by atoms with Crippen LogP contribution < -0.4 is 25.8 Å². The number of rotatable bonds is 16. The summed E-state index contributed by atoms with van der Waals surface area (Å²) in [7, 11) is -4.19. The summed E-state index contributed by atoms with van der Waals surface area (Å²) >= 11 is 0. The fourth-order valence-electron chi connectivity index (χ4n) is 8.35. The fourth-order valence-corrected chi connectivity index (χ4v) is 9.87. The molecule has 0 bridgehead atoms. The molecule has 3 atom stereocenters. The number of sulfonamides is 1. The first-order valence-corrected chi connectivity index (χ1v) is 23.7. The Bertz CT molecular complexity index is 2600. The molecule has 358 valence electrons. The first kappa shape index (κ1) is 49.8. The van der Waals surface area contributed by atoms with Gasteiger partial charge in [-0.15, -0.1) is 0 Å². The molecule has 0 fully saturated rings. The number of amides is 2. The lowest BCUT2D eigenvalue weighted by Crippen LogP contribution is -2.52. The summed E-state index contributed by atoms with van der Waals surface area (Å²) in [6, 6.07) is 21.7. The molecule has 0 spiro atoms. The lowest BCUT2D eigenvalue weighted by molar-refractivity contribution is -0.159. The molecule has 5 N–H and O–H groups in total. The van der Waals surface area contributed by atoms with Gasteiger partial charge in [0.1, 0.15) is 42.3 Å². The number of hydrogen-bond donors (Lipinski definition) is 4. The minimum Gasteiger partial charge on any atom is -0.487 e. The second-order valence-electron chi connectivity index (χ2n) is 18.4. The van der Waals surface area contributed by atoms with Crippen LogP contribution in [0.4, 0.5) is 9.59 Å². The molecule has 1 aliphatic heterocycles. The van der Waals surface area contributed by atoms with Gasteiger partial charge in [0.2, 0.25) is 5.96 Å². The van der Waals surface area contributed by atoms with Crippen LogP contribution in [-0.4, -0.2) is 81.0 Å². The molecule has 0 radical (unpaired) electrons. The first-order valence-electron chi connectivity index (χ1n) is 22.2. The van der Waals surface area contributed by atoms with Crippen LogP contribution in [0.3, 0.4) is 0 Å². The van der Waals surface area contributed by atoms with Crippen molar-refractivity contribution in [3.05, 3.63) is 118 Å². The van der Waals surface area contributed by atoms with E-state index < -0.39 is 63.5 Å². The lowest BCUT2D eigenvalue weighted by atomic mass is 9.94. The van der Waals surface area contributed by atoms with Gasteiger partial charge in [-0.05, 0) is 120 Å². The summed E-state index contributed by atoms with van der Waals surface area (Å²) in [6.07, 6.45) is -2.65. The van der Waals surface area contributed by atoms with E-state index in [-0.39, 0.29) is 49.4 Å². The number of hydrogen-bond acceptors (Lipinski definition) is 12. The van der Waals surface area contributed by atoms with Crippen molar-refractivity contribution in [2.45, 2.75) is 128 Å². The number of nitrogens with zero attached hydrogens (tertiary/aromatic N) is 1. The molecule has 1 aliphatic carbocycles. The summed E-state index contributed by atoms with van der Waals surface area (Å²) in [4.78, 5) is 58.4. The number of alkyl carbamates (subject to hydrolysis) is 2. The zero-order chi connectivity index (χ0) is 48.8. The highest BCUT2D eigenvalue weighted by molar-refractivity contribution is 7.90. The number of ether oxygens (including phenoxy) is 5. The minimum absolute atomic E-state index is 0.0401. The van der Waals surface area contributed by atoms with Crippen molar-refractivity contribution in [3.63, 3.8) is 0 Å². The number of nitrogens with one attached hydrogen (secondary N) is 3. The van der Waals surface area contributed by atoms with Crippen LogP contribution in [0.25, 0.3) is 11.1 Å². The quantitative estimate of drug-likeness (QED) is 0.0289. The predicted octanol–water partition coefficient (Wildman–Crippen LogP) is 7.17. The van der Waals surface area contributed by atoms with Gasteiger partial charge in [0, 0.05) is 24.4 Å². The third-order valence-corrected chi connectivity index (χ3v) is 13.2. The number of benzene rings is 4. The molecule has 4 aromatic carbocycles. The van der Waals surface area contributed by atoms with Gasteiger partial charge in [-0.1, -0.05) is 78.9 Å². The molecule has 0 saturated carbocycles. The van der Waals surface area contributed by atoms with E-state index in [4.69, 9.17) is 29.4 Å². The Labute approximate surface area is 392 Å². The molecule has 0 unspecified atom stereocenters. The zero-order valence-electron chi connectivity index (χ0n) is 39.5. The van der Waals surface area contributed by atoms with Crippen LogP contribution in [0.2, 0.25) is 0 Å². The van der Waals surface area contributed by atoms with Crippen molar-refractivity contribution in [2.75, 3.05) is 13.2 Å². The van der Waals surface area contributed by atoms with E-state index in [1.165, 1.54) is 6.92 Å². The number of guanidine groups is 1. The van der Waals surface area contributed by atoms with Crippen LogP contribution in [-0.2, 0) is 51.6 Å². The highest BCUT2D eigenvalue weighted by atomic mass is 32.2. The van der Waals surface area contributed by atoms with E-state index in [0.717, 1.165) is 27.8 Å². The van der Waals surface area contributed by atoms with Crippen molar-refractivity contribution in [3.8, 4) is 16.9 Å². The zero-order valence-corrected chi connectivity index (χ0v) is 40.3. The standard InChI is InChI=1S/C50H61N5O11S/c1-29-30(2)43(31(3)38-26-50(8,9)65-42(29)38)67(60,61)55-46(51)52-25-17-24-40(53-47(58)63-28-39-36-22-15-13-20-34(36)35-21-14-16-23-37(35)39)44(56)64-32(4)41(54-48(59)66-49(5,6)7)45(57)62-27-33-18-11-10-12-19-33/h10-16,18-23,32,39-41H,17,24-28H2,1-9H3,(H,53,58)(H,54,59)(H3,51,52,55)/t32-,40-,41+/m1/s1. The number of aliphatic imine (C=N–C) groups is 1. The van der Waals surface area contributed by atoms with Crippen molar-refractivity contribution in [2.24, 2.45) is 10.7 Å². The van der Waals surface area contributed by atoms with Gasteiger partial charge in [-0.25, -0.2) is 32.3 Å². The molecule has 67 heavy (non-hydrogen) atoms. The molecule has 2 aliphatic rings. The fraction of sp³-hybridized carbons (Fsp3) is 0.420. The summed E-state index contributed by atoms with van der Waals surface area (Å²) in [5.74, 6) is -1.82. The summed E-state index contributed by atoms with van der Waals surface area (Å²) < 4.78 is 58.6. The van der Waals surface area contributed by atoms with Gasteiger partial charge in [0.05, 0.1) is 4.90 Å². The van der Waals surface area contributed by atoms with Gasteiger partial charge < -0.3 is 40.1 Å². The Balaban J connectivity index is 1.17. The van der Waals surface area contributed by atoms with E-state index >= 15 is 0 Å². The van der Waals surface area contributed by atoms with E-state index in [2.05, 4.69) is 20.3 Å². The molecule has 17 heteroatoms. The Morgan fingerprint density at radius 2 is 1.45 bits per heavy atom. The van der Waals surface area contributed by atoms with Gasteiger partial charge in [-0.3, -0.25) is 4.99 Å². The van der Waals surface area contributed by atoms with E-state index in [1.807, 2.05) is 75.4 Å². The Hall–Kier alpha value is -6.62. The summed E-state index contributed by atoms with van der Waals surface area (Å²) in [5, 5.41) is 5.07. The van der Waals surface area contributed by atoms with Gasteiger partial charge in [-0.2, -0.15) is 0 Å². The number of carbonyl (C=O) groups is 4. The highest BCUT2D eigenvalue weighted by Crippen LogP contribution is 2.45. The average molecular weight is 940 g/mol. The molecule has 0 aromatic heterocycles. The molecule has 6 rings (SSSR count). The number of nitrogens with two attached hydrogens (primary N) is 1. The van der Waals surface area contributed by atoms with Crippen molar-refractivity contribution in [1.82, 2.24) is 15.4 Å². The van der Waals surface area contributed by atoms with Gasteiger partial charge in [0.25, 0.3) is 10.0 Å². The second kappa shape index (κ2) is 20.5. The van der Waals surface area contributed by atoms with Crippen LogP contribution in [0, 0.1) is 20.8 Å². The monoisotopic (exact) mass is 939 g/mol. The number of fused-ring (bicyclic) bond motifs is 4. The number of carbonyl (C=O) groups excluding carboxylic acids is 4. The molecule has 2 amide bonds. The molecule has 0 saturated heterocycles. The molecule has 4 aromatic rings. The first-order chi connectivity index (χ1) is 31.5. The van der Waals surface area contributed by atoms with Crippen LogP contribution in [0.5, 0.6) is 5.75 Å². The maximum Gasteiger partial charge on any atom is 0.408 e. The molecule has 16 nitrogen and oxygen atoms in total. The van der Waals surface area contributed by atoms with Gasteiger partial charge in [0.15, 0.2) is 6.04 Å². The van der Waals surface area contributed by atoms with Crippen molar-refractivity contribution >= 4 is 40.1 Å². The maximum atomic E-state index is 14.0. The Morgan fingerprint density at radius 3 is 2.07 bits per heavy atom. The third-order valence-electron chi connectivity index (χ3n) is 11.6. The normalized spacial score (nSPS) is 15.4. The topological polar surface area (TPSA) is 223 Å². The Morgan fingerprint density at radius 1 is 0.836 bits per heavy atom. The second-order valence-corrected chi connectivity index (χ2v) is 20.1. The van der Waals surface area contributed by atoms with Crippen molar-refractivity contribution < 1.29 is 51.3 Å². The highest BCUT2D eigenvalue weighted by Gasteiger charge is 2.38. The van der Waals surface area contributed by atoms with Crippen LogP contribution in [0.1, 0.15) is 99.2 Å². The summed E-state index contributed by atoms with van der Waals surface area (Å²) in [5.41, 5.74) is 12.1. The van der Waals surface area contributed by atoms with Crippen LogP contribution in [0.15, 0.2) is 88.8 Å². The Kier molecular flexibility index (Phi) is 15.2. The largest absolute Gasteiger partial charge is 0.487 e. The average Bonchev–Trinajstić information content (AvgIpc) is 3.77. The smallest absolute Gasteiger partial charge is 0.408 e. The van der Waals surface area contributed by atoms with E-state index in [1.54, 1.807) is 58.9 Å². The summed E-state index contributed by atoms with van der Waals surface area (Å²) in [6.45, 7) is 15.3. The minimum atomic E-state index is -4.19. The van der Waals surface area contributed by atoms with E-state index in [9.17, 15) is 27.6 Å². The molecular formula is C50H61N5O11S. The van der Waals surface area contributed by atoms with Gasteiger partial charge >= 0.3 is 24.1 Å². The maximum absolute atomic E-state index is 14.0. The van der Waals surface area contributed by atoms with E-state index in [0.29, 0.717) is 34.4 Å². The molecular weight excluding hydrogens is 879 g/mol.